The number of rotatable bonds is 9. The number of fused-ring (bicyclic) bond motifs is 1. The highest BCUT2D eigenvalue weighted by Crippen LogP contribution is 2.38. The number of halogens is 5. The van der Waals surface area contributed by atoms with Crippen molar-refractivity contribution in [3.05, 3.63) is 59.7 Å². The minimum Gasteiger partial charge on any atom is -0.353 e. The van der Waals surface area contributed by atoms with Crippen molar-refractivity contribution in [3.8, 4) is 11.3 Å². The van der Waals surface area contributed by atoms with E-state index in [2.05, 4.69) is 20.6 Å². The van der Waals surface area contributed by atoms with Crippen LogP contribution in [0.5, 0.6) is 0 Å². The van der Waals surface area contributed by atoms with Gasteiger partial charge in [-0.2, -0.15) is 18.2 Å². The molecule has 0 fully saturated rings. The van der Waals surface area contributed by atoms with Crippen LogP contribution in [0.1, 0.15) is 18.9 Å². The molecule has 0 spiro atoms. The molecule has 1 aromatic heterocycles. The van der Waals surface area contributed by atoms with Gasteiger partial charge in [0.25, 0.3) is 0 Å². The van der Waals surface area contributed by atoms with Crippen molar-refractivity contribution in [2.45, 2.75) is 26.1 Å². The Balaban J connectivity index is 1.83. The fourth-order valence-corrected chi connectivity index (χ4v) is 4.30. The zero-order valence-corrected chi connectivity index (χ0v) is 22.5. The summed E-state index contributed by atoms with van der Waals surface area (Å²) in [6, 6.07) is 8.08. The van der Waals surface area contributed by atoms with Crippen LogP contribution in [0.2, 0.25) is 0 Å². The van der Waals surface area contributed by atoms with Crippen LogP contribution in [-0.2, 0) is 11.3 Å². The summed E-state index contributed by atoms with van der Waals surface area (Å²) in [6.07, 6.45) is -4.75. The predicted octanol–water partition coefficient (Wildman–Crippen LogP) is 5.06. The lowest BCUT2D eigenvalue weighted by Gasteiger charge is -2.31. The summed E-state index contributed by atoms with van der Waals surface area (Å²) in [4.78, 5) is 37.3. The quantitative estimate of drug-likeness (QED) is 0.346. The van der Waals surface area contributed by atoms with E-state index in [1.54, 1.807) is 6.92 Å². The summed E-state index contributed by atoms with van der Waals surface area (Å²) in [5.41, 5.74) is 0.443. The van der Waals surface area contributed by atoms with Crippen molar-refractivity contribution in [2.24, 2.45) is 0 Å². The Labute approximate surface area is 233 Å². The Morgan fingerprint density at radius 3 is 2.29 bits per heavy atom. The van der Waals surface area contributed by atoms with Gasteiger partial charge < -0.3 is 20.4 Å². The van der Waals surface area contributed by atoms with Crippen LogP contribution in [-0.4, -0.2) is 66.7 Å². The fraction of sp³-hybridized carbons (Fsp3) is 0.333. The SMILES string of the molecule is CCCN(C(=O)C(F)(F)F)c1ccc(-c2nc(NCCN(C)C)nc3c2CNC(=O)N3c2c(F)cccc2F)cc1. The minimum atomic E-state index is -5.05. The van der Waals surface area contributed by atoms with Crippen molar-refractivity contribution < 1.29 is 31.5 Å². The number of carbonyl (C=O) groups excluding carboxylic acids is 2. The smallest absolute Gasteiger partial charge is 0.353 e. The molecule has 0 atom stereocenters. The third kappa shape index (κ3) is 6.37. The molecule has 2 aromatic carbocycles. The van der Waals surface area contributed by atoms with Gasteiger partial charge >= 0.3 is 18.1 Å². The molecular weight excluding hydrogens is 549 g/mol. The van der Waals surface area contributed by atoms with Gasteiger partial charge in [-0.1, -0.05) is 25.1 Å². The summed E-state index contributed by atoms with van der Waals surface area (Å²) in [7, 11) is 3.72. The fourth-order valence-electron chi connectivity index (χ4n) is 4.30. The van der Waals surface area contributed by atoms with Crippen molar-refractivity contribution in [3.63, 3.8) is 0 Å². The first-order valence-electron chi connectivity index (χ1n) is 12.7. The molecule has 2 heterocycles. The number of carbonyl (C=O) groups is 2. The maximum absolute atomic E-state index is 14.8. The first kappa shape index (κ1) is 29.6. The minimum absolute atomic E-state index is 0.0357. The number of benzene rings is 2. The average molecular weight is 578 g/mol. The predicted molar refractivity (Wildman–Crippen MR) is 144 cm³/mol. The molecule has 0 saturated heterocycles. The second kappa shape index (κ2) is 12.0. The number of hydrogen-bond acceptors (Lipinski definition) is 6. The lowest BCUT2D eigenvalue weighted by atomic mass is 10.0. The number of alkyl halides is 3. The standard InChI is InChI=1S/C27H28F5N7O2/c1-4-13-38(24(40)27(30,31)32)17-10-8-16(9-11-17)21-18-15-34-26(41)39(22-19(28)6-5-7-20(22)29)23(18)36-25(35-21)33-12-14-37(2)3/h5-11H,4,12-15H2,1-3H3,(H,34,41)(H,33,35,36). The molecule has 0 unspecified atom stereocenters. The molecule has 218 valence electrons. The van der Waals surface area contributed by atoms with E-state index in [0.717, 1.165) is 17.0 Å². The Hall–Kier alpha value is -4.33. The van der Waals surface area contributed by atoms with E-state index in [1.807, 2.05) is 19.0 Å². The van der Waals surface area contributed by atoms with E-state index in [0.29, 0.717) is 35.5 Å². The van der Waals surface area contributed by atoms with Gasteiger partial charge in [-0.15, -0.1) is 0 Å². The first-order valence-corrected chi connectivity index (χ1v) is 12.7. The van der Waals surface area contributed by atoms with Gasteiger partial charge in [0.05, 0.1) is 12.2 Å². The maximum Gasteiger partial charge on any atom is 0.471 e. The van der Waals surface area contributed by atoms with Gasteiger partial charge in [-0.3, -0.25) is 4.79 Å². The van der Waals surface area contributed by atoms with E-state index in [9.17, 15) is 31.5 Å². The number of nitrogens with one attached hydrogen (secondary N) is 2. The van der Waals surface area contributed by atoms with Gasteiger partial charge in [0.2, 0.25) is 5.95 Å². The third-order valence-corrected chi connectivity index (χ3v) is 6.21. The Morgan fingerprint density at radius 2 is 1.71 bits per heavy atom. The van der Waals surface area contributed by atoms with Crippen molar-refractivity contribution in [2.75, 3.05) is 48.8 Å². The average Bonchev–Trinajstić information content (AvgIpc) is 2.91. The number of para-hydroxylation sites is 1. The molecule has 41 heavy (non-hydrogen) atoms. The van der Waals surface area contributed by atoms with Gasteiger partial charge in [0.1, 0.15) is 17.3 Å². The second-order valence-corrected chi connectivity index (χ2v) is 9.49. The number of nitrogens with zero attached hydrogens (tertiary/aromatic N) is 5. The van der Waals surface area contributed by atoms with Gasteiger partial charge in [0.15, 0.2) is 5.82 Å². The Kier molecular flexibility index (Phi) is 8.71. The second-order valence-electron chi connectivity index (χ2n) is 9.49. The first-order chi connectivity index (χ1) is 19.4. The normalized spacial score (nSPS) is 13.2. The van der Waals surface area contributed by atoms with Crippen LogP contribution >= 0.6 is 0 Å². The number of likely N-dealkylation sites (N-methyl/N-ethyl adjacent to an activating group) is 1. The number of anilines is 4. The van der Waals surface area contributed by atoms with Crippen molar-refractivity contribution in [1.29, 1.82) is 0 Å². The molecule has 9 nitrogen and oxygen atoms in total. The number of amides is 3. The molecule has 14 heteroatoms. The van der Waals surface area contributed by atoms with E-state index in [1.165, 1.54) is 30.3 Å². The largest absolute Gasteiger partial charge is 0.471 e. The maximum atomic E-state index is 14.8. The Bertz CT molecular complexity index is 1410. The number of aromatic nitrogens is 2. The zero-order valence-electron chi connectivity index (χ0n) is 22.5. The Morgan fingerprint density at radius 1 is 1.05 bits per heavy atom. The molecule has 0 aliphatic carbocycles. The summed E-state index contributed by atoms with van der Waals surface area (Å²) in [5, 5.41) is 5.62. The molecule has 0 bridgehead atoms. The van der Waals surface area contributed by atoms with Crippen LogP contribution in [0, 0.1) is 11.6 Å². The highest BCUT2D eigenvalue weighted by Gasteiger charge is 2.43. The van der Waals surface area contributed by atoms with Crippen LogP contribution in [0.4, 0.5) is 49.9 Å². The van der Waals surface area contributed by atoms with Crippen LogP contribution in [0.15, 0.2) is 42.5 Å². The van der Waals surface area contributed by atoms with Gasteiger partial charge in [-0.05, 0) is 44.8 Å². The van der Waals surface area contributed by atoms with E-state index in [-0.39, 0.29) is 36.2 Å². The summed E-state index contributed by atoms with van der Waals surface area (Å²) in [6.45, 7) is 2.43. The number of urea groups is 1. The lowest BCUT2D eigenvalue weighted by molar-refractivity contribution is -0.170. The van der Waals surface area contributed by atoms with Crippen molar-refractivity contribution >= 4 is 35.1 Å². The molecular formula is C27H28F5N7O2. The van der Waals surface area contributed by atoms with Gasteiger partial charge in [-0.25, -0.2) is 23.5 Å². The zero-order chi connectivity index (χ0) is 29.9. The van der Waals surface area contributed by atoms with E-state index in [4.69, 9.17) is 0 Å². The molecule has 1 aliphatic rings. The molecule has 3 amide bonds. The molecule has 0 radical (unpaired) electrons. The topological polar surface area (TPSA) is 93.7 Å². The molecule has 4 rings (SSSR count). The molecule has 0 saturated carbocycles. The van der Waals surface area contributed by atoms with Crippen LogP contribution < -0.4 is 20.4 Å². The third-order valence-electron chi connectivity index (χ3n) is 6.21. The van der Waals surface area contributed by atoms with Crippen molar-refractivity contribution in [1.82, 2.24) is 20.2 Å². The molecule has 2 N–H and O–H groups in total. The monoisotopic (exact) mass is 577 g/mol. The molecule has 3 aromatic rings. The summed E-state index contributed by atoms with van der Waals surface area (Å²) < 4.78 is 69.2. The van der Waals surface area contributed by atoms with Gasteiger partial charge in [0, 0.05) is 36.4 Å². The van der Waals surface area contributed by atoms with Crippen LogP contribution in [0.25, 0.3) is 11.3 Å². The van der Waals surface area contributed by atoms with E-state index >= 15 is 0 Å². The number of hydrogen-bond donors (Lipinski definition) is 2. The van der Waals surface area contributed by atoms with Crippen LogP contribution in [0.3, 0.4) is 0 Å². The summed E-state index contributed by atoms with van der Waals surface area (Å²) >= 11 is 0. The summed E-state index contributed by atoms with van der Waals surface area (Å²) in [5.74, 6) is -3.93. The molecule has 1 aliphatic heterocycles. The van der Waals surface area contributed by atoms with E-state index < -0.39 is 35.4 Å². The highest BCUT2D eigenvalue weighted by molar-refractivity contribution is 6.02. The highest BCUT2D eigenvalue weighted by atomic mass is 19.4. The lowest BCUT2D eigenvalue weighted by Crippen LogP contribution is -2.43.